The van der Waals surface area contributed by atoms with Crippen LogP contribution in [0.3, 0.4) is 0 Å². The minimum absolute atomic E-state index is 0.0179. The molecular formula is C26H48O4Sn. The second-order valence-corrected chi connectivity index (χ2v) is 24.1. The normalized spacial score (nSPS) is 33.3. The summed E-state index contributed by atoms with van der Waals surface area (Å²) in [6.07, 6.45) is 9.20. The molecule has 1 aliphatic carbocycles. The molecule has 0 radical (unpaired) electrons. The molecule has 0 N–H and O–H groups in total. The van der Waals surface area contributed by atoms with Crippen molar-refractivity contribution in [3.05, 3.63) is 9.67 Å². The molecule has 0 aromatic rings. The van der Waals surface area contributed by atoms with Gasteiger partial charge >= 0.3 is 196 Å². The third kappa shape index (κ3) is 6.49. The predicted octanol–water partition coefficient (Wildman–Crippen LogP) is 6.99. The Morgan fingerprint density at radius 1 is 0.806 bits per heavy atom. The first-order valence-corrected chi connectivity index (χ1v) is 20.7. The van der Waals surface area contributed by atoms with E-state index in [1.807, 2.05) is 13.8 Å². The molecule has 0 aromatic carbocycles. The summed E-state index contributed by atoms with van der Waals surface area (Å²) in [4.78, 5) is 0. The van der Waals surface area contributed by atoms with Crippen LogP contribution in [-0.2, 0) is 18.9 Å². The maximum atomic E-state index is 6.56. The van der Waals surface area contributed by atoms with Gasteiger partial charge in [-0.2, -0.15) is 0 Å². The molecule has 1 saturated carbocycles. The van der Waals surface area contributed by atoms with Crippen molar-refractivity contribution in [3.8, 4) is 0 Å². The third-order valence-electron chi connectivity index (χ3n) is 7.42. The van der Waals surface area contributed by atoms with Crippen LogP contribution in [0.2, 0.25) is 13.3 Å². The molecule has 2 saturated heterocycles. The summed E-state index contributed by atoms with van der Waals surface area (Å²) in [5.41, 5.74) is 1.53. The van der Waals surface area contributed by atoms with Gasteiger partial charge in [0.05, 0.1) is 0 Å². The summed E-state index contributed by atoms with van der Waals surface area (Å²) >= 11 is -2.43. The van der Waals surface area contributed by atoms with Crippen LogP contribution in [0.4, 0.5) is 0 Å². The molecule has 2 aliphatic heterocycles. The van der Waals surface area contributed by atoms with E-state index in [0.29, 0.717) is 5.92 Å². The van der Waals surface area contributed by atoms with E-state index < -0.39 is 30.0 Å². The fourth-order valence-electron chi connectivity index (χ4n) is 5.82. The summed E-state index contributed by atoms with van der Waals surface area (Å²) < 4.78 is 32.9. The zero-order valence-electron chi connectivity index (χ0n) is 21.3. The maximum absolute atomic E-state index is 6.56. The van der Waals surface area contributed by atoms with Crippen molar-refractivity contribution in [1.82, 2.24) is 0 Å². The van der Waals surface area contributed by atoms with Gasteiger partial charge in [0.1, 0.15) is 0 Å². The van der Waals surface area contributed by atoms with Crippen LogP contribution in [0.1, 0.15) is 93.4 Å². The van der Waals surface area contributed by atoms with Gasteiger partial charge in [0.2, 0.25) is 0 Å². The zero-order chi connectivity index (χ0) is 22.7. The second-order valence-electron chi connectivity index (χ2n) is 11.2. The summed E-state index contributed by atoms with van der Waals surface area (Å²) in [7, 11) is 0. The summed E-state index contributed by atoms with van der Waals surface area (Å²) in [5.74, 6) is -0.732. The van der Waals surface area contributed by atoms with E-state index in [4.69, 9.17) is 18.9 Å². The van der Waals surface area contributed by atoms with Crippen LogP contribution in [0, 0.1) is 5.92 Å². The van der Waals surface area contributed by atoms with Crippen molar-refractivity contribution in [2.75, 3.05) is 6.61 Å². The molecule has 0 spiro atoms. The molecule has 0 aromatic heterocycles. The van der Waals surface area contributed by atoms with Crippen LogP contribution < -0.4 is 0 Å². The van der Waals surface area contributed by atoms with E-state index in [9.17, 15) is 0 Å². The van der Waals surface area contributed by atoms with Crippen molar-refractivity contribution in [2.24, 2.45) is 5.92 Å². The Bertz CT molecular complexity index is 593. The van der Waals surface area contributed by atoms with Gasteiger partial charge in [0.15, 0.2) is 0 Å². The van der Waals surface area contributed by atoms with Crippen LogP contribution >= 0.6 is 0 Å². The van der Waals surface area contributed by atoms with Gasteiger partial charge in [-0.25, -0.2) is 0 Å². The van der Waals surface area contributed by atoms with Gasteiger partial charge in [-0.3, -0.25) is 0 Å². The van der Waals surface area contributed by atoms with Gasteiger partial charge in [0.25, 0.3) is 0 Å². The molecule has 31 heavy (non-hydrogen) atoms. The minimum atomic E-state index is -2.43. The fourth-order valence-corrected chi connectivity index (χ4v) is 21.3. The molecule has 3 fully saturated rings. The molecule has 4 nitrogen and oxygen atoms in total. The van der Waals surface area contributed by atoms with Crippen molar-refractivity contribution >= 4 is 18.4 Å². The topological polar surface area (TPSA) is 36.9 Å². The van der Waals surface area contributed by atoms with Crippen LogP contribution in [0.5, 0.6) is 0 Å². The Morgan fingerprint density at radius 3 is 1.90 bits per heavy atom. The van der Waals surface area contributed by atoms with Crippen molar-refractivity contribution in [2.45, 2.75) is 137 Å². The molecule has 0 bridgehead atoms. The summed E-state index contributed by atoms with van der Waals surface area (Å²) in [6, 6.07) is 0. The number of hydrogen-bond donors (Lipinski definition) is 0. The first-order valence-electron chi connectivity index (χ1n) is 13.0. The Kier molecular flexibility index (Phi) is 9.02. The molecule has 5 heteroatoms. The number of hydrogen-bond acceptors (Lipinski definition) is 4. The molecule has 2 heterocycles. The molecule has 180 valence electrons. The first kappa shape index (κ1) is 26.0. The van der Waals surface area contributed by atoms with Gasteiger partial charge in [-0.15, -0.1) is 0 Å². The fraction of sp³-hybridized carbons (Fsp3) is 0.923. The number of unbranched alkanes of at least 4 members (excludes halogenated alkanes) is 3. The quantitative estimate of drug-likeness (QED) is 0.279. The van der Waals surface area contributed by atoms with Gasteiger partial charge in [-0.1, -0.05) is 0 Å². The average molecular weight is 543 g/mol. The molecule has 3 aliphatic rings. The van der Waals surface area contributed by atoms with E-state index in [-0.39, 0.29) is 18.3 Å². The Balaban J connectivity index is 1.94. The molecule has 4 atom stereocenters. The van der Waals surface area contributed by atoms with Crippen molar-refractivity contribution in [1.29, 1.82) is 0 Å². The summed E-state index contributed by atoms with van der Waals surface area (Å²) in [6.45, 7) is 16.0. The van der Waals surface area contributed by atoms with Crippen LogP contribution in [-0.4, -0.2) is 54.9 Å². The number of fused-ring (bicyclic) bond motifs is 3. The molecule has 3 rings (SSSR count). The number of rotatable bonds is 10. The van der Waals surface area contributed by atoms with Crippen molar-refractivity contribution in [3.63, 3.8) is 0 Å². The molecule has 0 unspecified atom stereocenters. The average Bonchev–Trinajstić information content (AvgIpc) is 3.05. The Morgan fingerprint density at radius 2 is 1.35 bits per heavy atom. The summed E-state index contributed by atoms with van der Waals surface area (Å²) in [5, 5.41) is 0. The van der Waals surface area contributed by atoms with Gasteiger partial charge in [-0.05, 0) is 0 Å². The van der Waals surface area contributed by atoms with Crippen LogP contribution in [0.15, 0.2) is 9.67 Å². The standard InChI is InChI=1S/C14H21O4.3C4H9.Sn/c1-8-6-9-7-15-13(2,3)17-11(9)12-10(8)16-14(4,5)18-12;3*1-3-4-2;/h1,9-12H,6-7H2,2-5H3;3*1,3-4H2,2H3;/t9-,10-,11+,12+;;;;/m0..../s1. The van der Waals surface area contributed by atoms with E-state index >= 15 is 0 Å². The monoisotopic (exact) mass is 544 g/mol. The predicted molar refractivity (Wildman–Crippen MR) is 130 cm³/mol. The van der Waals surface area contributed by atoms with E-state index in [1.165, 1.54) is 57.4 Å². The Hall–Kier alpha value is 0.379. The van der Waals surface area contributed by atoms with Crippen LogP contribution in [0.25, 0.3) is 0 Å². The first-order chi connectivity index (χ1) is 14.6. The Labute approximate surface area is 195 Å². The van der Waals surface area contributed by atoms with E-state index in [1.54, 1.807) is 0 Å². The SMILES string of the molecule is CCC[CH2][Sn](/[CH]=C1\C[C@H]2COC(C)(C)O[C@H]2[C@@H]2OC(C)(C)O[C@@H]12)([CH2]CCC)[CH2]CCC. The molecule has 0 amide bonds. The molecular weight excluding hydrogens is 495 g/mol. The van der Waals surface area contributed by atoms with Gasteiger partial charge in [0, 0.05) is 0 Å². The van der Waals surface area contributed by atoms with E-state index in [0.717, 1.165) is 13.0 Å². The number of ether oxygens (including phenoxy) is 4. The van der Waals surface area contributed by atoms with E-state index in [2.05, 4.69) is 38.7 Å². The third-order valence-corrected chi connectivity index (χ3v) is 21.8. The second kappa shape index (κ2) is 10.8. The zero-order valence-corrected chi connectivity index (χ0v) is 24.2. The van der Waals surface area contributed by atoms with Crippen molar-refractivity contribution < 1.29 is 18.9 Å². The van der Waals surface area contributed by atoms with Gasteiger partial charge < -0.3 is 0 Å².